The van der Waals surface area contributed by atoms with E-state index in [1.807, 2.05) is 114 Å². The first kappa shape index (κ1) is 23.3. The van der Waals surface area contributed by atoms with Crippen LogP contribution < -0.4 is 14.5 Å². The Morgan fingerprint density at radius 3 is 2.08 bits per heavy atom. The molecule has 0 N–H and O–H groups in total. The summed E-state index contributed by atoms with van der Waals surface area (Å²) < 4.78 is 5.38. The maximum absolute atomic E-state index is 14.2. The number of ether oxygens (including phenoxy) is 1. The summed E-state index contributed by atoms with van der Waals surface area (Å²) >= 11 is 6.95. The molecule has 4 aromatic carbocycles. The normalized spacial score (nSPS) is 22.4. The quantitative estimate of drug-likeness (QED) is 0.239. The Morgan fingerprint density at radius 1 is 0.838 bits per heavy atom. The fourth-order valence-electron chi connectivity index (χ4n) is 5.69. The van der Waals surface area contributed by atoms with Gasteiger partial charge in [0, 0.05) is 12.0 Å². The summed E-state index contributed by atoms with van der Waals surface area (Å²) in [4.78, 5) is 31.3. The Morgan fingerprint density at radius 2 is 1.43 bits per heavy atom. The minimum Gasteiger partial charge on any atom is -0.497 e. The average Bonchev–Trinajstić information content (AvgIpc) is 3.09. The molecule has 0 aromatic heterocycles. The minimum absolute atomic E-state index is 0.132. The summed E-state index contributed by atoms with van der Waals surface area (Å²) in [5.74, 6) is 0.414. The Labute approximate surface area is 220 Å². The van der Waals surface area contributed by atoms with E-state index in [-0.39, 0.29) is 17.9 Å². The zero-order valence-electron chi connectivity index (χ0n) is 20.3. The molecule has 1 saturated heterocycles. The third-order valence-electron chi connectivity index (χ3n) is 7.47. The van der Waals surface area contributed by atoms with Crippen LogP contribution in [0.15, 0.2) is 109 Å². The van der Waals surface area contributed by atoms with Gasteiger partial charge in [-0.1, -0.05) is 72.8 Å². The van der Waals surface area contributed by atoms with Gasteiger partial charge in [0.25, 0.3) is 5.91 Å². The molecule has 0 unspecified atom stereocenters. The Balaban J connectivity index is 1.61. The van der Waals surface area contributed by atoms with Gasteiger partial charge in [0.15, 0.2) is 0 Å². The fourth-order valence-corrected chi connectivity index (χ4v) is 6.10. The number of alkyl halides is 1. The number of carbonyl (C=O) groups excluding carboxylic acids is 2. The summed E-state index contributed by atoms with van der Waals surface area (Å²) in [5.41, 5.74) is 2.94. The molecule has 6 rings (SSSR count). The summed E-state index contributed by atoms with van der Waals surface area (Å²) in [6.45, 7) is 0. The van der Waals surface area contributed by atoms with Crippen LogP contribution in [0.1, 0.15) is 33.9 Å². The zero-order valence-corrected chi connectivity index (χ0v) is 21.0. The van der Waals surface area contributed by atoms with Gasteiger partial charge in [-0.2, -0.15) is 0 Å². The van der Waals surface area contributed by atoms with Gasteiger partial charge in [-0.25, -0.2) is 0 Å². The number of methoxy groups -OCH3 is 1. The van der Waals surface area contributed by atoms with Gasteiger partial charge in [-0.05, 0) is 47.5 Å². The molecule has 37 heavy (non-hydrogen) atoms. The number of fused-ring (bicyclic) bond motifs is 3. The topological polar surface area (TPSA) is 49.9 Å². The van der Waals surface area contributed by atoms with Gasteiger partial charge in [0.1, 0.15) is 16.7 Å². The van der Waals surface area contributed by atoms with Crippen LogP contribution in [0.5, 0.6) is 5.75 Å². The molecule has 2 heterocycles. The van der Waals surface area contributed by atoms with E-state index in [0.29, 0.717) is 23.4 Å². The maximum Gasteiger partial charge on any atom is 0.258 e. The first-order valence-electron chi connectivity index (χ1n) is 12.2. The van der Waals surface area contributed by atoms with Crippen molar-refractivity contribution in [1.29, 1.82) is 0 Å². The summed E-state index contributed by atoms with van der Waals surface area (Å²) in [6.07, 6.45) is 0.427. The van der Waals surface area contributed by atoms with E-state index in [1.165, 1.54) is 0 Å². The number of rotatable bonds is 4. The Hall–Kier alpha value is -4.09. The van der Waals surface area contributed by atoms with Gasteiger partial charge < -0.3 is 4.74 Å². The second-order valence-corrected chi connectivity index (χ2v) is 9.79. The molecular weight excluding hydrogens is 484 g/mol. The molecule has 0 aliphatic carbocycles. The van der Waals surface area contributed by atoms with Gasteiger partial charge in [-0.3, -0.25) is 19.4 Å². The van der Waals surface area contributed by atoms with E-state index in [9.17, 15) is 9.59 Å². The van der Waals surface area contributed by atoms with Crippen LogP contribution in [0.25, 0.3) is 0 Å². The van der Waals surface area contributed by atoms with Gasteiger partial charge in [0.05, 0.1) is 24.5 Å². The van der Waals surface area contributed by atoms with Crippen molar-refractivity contribution in [2.24, 2.45) is 0 Å². The number of hydrogen-bond acceptors (Lipinski definition) is 3. The molecular formula is C31H25ClN2O3. The second-order valence-electron chi connectivity index (χ2n) is 9.35. The van der Waals surface area contributed by atoms with E-state index in [4.69, 9.17) is 16.3 Å². The lowest BCUT2D eigenvalue weighted by molar-refractivity contribution is -0.127. The molecule has 0 saturated carbocycles. The Bertz CT molecular complexity index is 1460. The molecule has 184 valence electrons. The number of β-lactam (4-membered cyclic amide) rings is 1. The maximum atomic E-state index is 14.2. The highest BCUT2D eigenvalue weighted by atomic mass is 35.5. The largest absolute Gasteiger partial charge is 0.497 e. The highest BCUT2D eigenvalue weighted by Crippen LogP contribution is 2.58. The number of benzene rings is 4. The van der Waals surface area contributed by atoms with E-state index >= 15 is 0 Å². The van der Waals surface area contributed by atoms with Crippen LogP contribution >= 0.6 is 11.6 Å². The van der Waals surface area contributed by atoms with Crippen LogP contribution in [-0.2, 0) is 10.3 Å². The number of anilines is 2. The molecule has 2 aliphatic rings. The van der Waals surface area contributed by atoms with Crippen molar-refractivity contribution < 1.29 is 14.3 Å². The van der Waals surface area contributed by atoms with E-state index in [2.05, 4.69) is 0 Å². The smallest absolute Gasteiger partial charge is 0.258 e. The first-order chi connectivity index (χ1) is 18.1. The molecule has 1 fully saturated rings. The number of para-hydroxylation sites is 2. The molecule has 5 nitrogen and oxygen atoms in total. The molecule has 2 aliphatic heterocycles. The molecule has 6 heteroatoms. The SMILES string of the molecule is COc1ccc([C@]23C[C@@H](c4ccccc4)N(C(=O)c4ccccc4)c4ccccc4N2C(=O)[C@@H]3Cl)cc1. The molecule has 0 bridgehead atoms. The summed E-state index contributed by atoms with van der Waals surface area (Å²) in [7, 11) is 1.62. The number of nitrogens with zero attached hydrogens (tertiary/aromatic N) is 2. The van der Waals surface area contributed by atoms with Crippen molar-refractivity contribution in [3.63, 3.8) is 0 Å². The van der Waals surface area contributed by atoms with Crippen LogP contribution in [-0.4, -0.2) is 24.3 Å². The van der Waals surface area contributed by atoms with Crippen LogP contribution in [0.3, 0.4) is 0 Å². The molecule has 4 aromatic rings. The highest BCUT2D eigenvalue weighted by molar-refractivity contribution is 6.38. The lowest BCUT2D eigenvalue weighted by Gasteiger charge is -2.55. The van der Waals surface area contributed by atoms with Crippen molar-refractivity contribution in [2.45, 2.75) is 23.4 Å². The van der Waals surface area contributed by atoms with Crippen LogP contribution in [0.2, 0.25) is 0 Å². The molecule has 0 radical (unpaired) electrons. The number of hydrogen-bond donors (Lipinski definition) is 0. The van der Waals surface area contributed by atoms with Gasteiger partial charge in [0.2, 0.25) is 5.91 Å². The predicted molar refractivity (Wildman–Crippen MR) is 145 cm³/mol. The van der Waals surface area contributed by atoms with E-state index in [0.717, 1.165) is 16.9 Å². The lowest BCUT2D eigenvalue weighted by atomic mass is 9.71. The molecule has 2 amide bonds. The second kappa shape index (κ2) is 9.09. The van der Waals surface area contributed by atoms with Crippen molar-refractivity contribution in [3.05, 3.63) is 126 Å². The molecule has 3 atom stereocenters. The summed E-state index contributed by atoms with van der Waals surface area (Å²) in [5, 5.41) is -0.785. The summed E-state index contributed by atoms with van der Waals surface area (Å²) in [6, 6.07) is 34.1. The standard InChI is InChI=1S/C31H25ClN2O3/c1-37-24-18-16-23(17-19-24)31-20-27(21-10-4-2-5-11-21)33(29(35)22-12-6-3-7-13-22)25-14-8-9-15-26(25)34(31)30(36)28(31)32/h2-19,27-28H,20H2,1H3/t27-,28-,31-/m0/s1. The molecule has 0 spiro atoms. The van der Waals surface area contributed by atoms with E-state index < -0.39 is 10.9 Å². The van der Waals surface area contributed by atoms with Crippen LogP contribution in [0.4, 0.5) is 11.4 Å². The predicted octanol–water partition coefficient (Wildman–Crippen LogP) is 6.34. The zero-order chi connectivity index (χ0) is 25.6. The van der Waals surface area contributed by atoms with Gasteiger partial charge >= 0.3 is 0 Å². The van der Waals surface area contributed by atoms with Crippen LogP contribution in [0, 0.1) is 0 Å². The minimum atomic E-state index is -0.854. The van der Waals surface area contributed by atoms with Crippen molar-refractivity contribution in [2.75, 3.05) is 16.9 Å². The Kier molecular flexibility index (Phi) is 5.73. The first-order valence-corrected chi connectivity index (χ1v) is 12.6. The average molecular weight is 509 g/mol. The van der Waals surface area contributed by atoms with Crippen molar-refractivity contribution in [3.8, 4) is 5.75 Å². The number of carbonyl (C=O) groups is 2. The van der Waals surface area contributed by atoms with Crippen molar-refractivity contribution in [1.82, 2.24) is 0 Å². The lowest BCUT2D eigenvalue weighted by Crippen LogP contribution is -2.70. The van der Waals surface area contributed by atoms with E-state index in [1.54, 1.807) is 12.0 Å². The number of halogens is 1. The number of amides is 2. The highest BCUT2D eigenvalue weighted by Gasteiger charge is 2.64. The monoisotopic (exact) mass is 508 g/mol. The van der Waals surface area contributed by atoms with Gasteiger partial charge in [-0.15, -0.1) is 11.6 Å². The third-order valence-corrected chi connectivity index (χ3v) is 8.02. The fraction of sp³-hybridized carbons (Fsp3) is 0.161. The van der Waals surface area contributed by atoms with Crippen molar-refractivity contribution >= 4 is 34.8 Å². The third kappa shape index (κ3) is 3.53.